The third-order valence-electron chi connectivity index (χ3n) is 3.35. The highest BCUT2D eigenvalue weighted by atomic mass is 32.2. The number of fused-ring (bicyclic) bond motifs is 2. The largest absolute Gasteiger partial charge is 0.325 e. The Morgan fingerprint density at radius 2 is 2.32 bits per heavy atom. The lowest BCUT2D eigenvalue weighted by molar-refractivity contribution is 0.626. The zero-order chi connectivity index (χ0) is 12.8. The van der Waals surface area contributed by atoms with Gasteiger partial charge in [-0.25, -0.2) is 0 Å². The Balaban J connectivity index is 1.81. The number of thioether (sulfide) groups is 2. The molecule has 0 atom stereocenters. The summed E-state index contributed by atoms with van der Waals surface area (Å²) < 4.78 is 1.36. The molecule has 0 N–H and O–H groups in total. The van der Waals surface area contributed by atoms with E-state index in [9.17, 15) is 0 Å². The van der Waals surface area contributed by atoms with Crippen molar-refractivity contribution in [2.45, 2.75) is 4.90 Å². The monoisotopic (exact) mass is 304 g/mol. The average molecular weight is 304 g/mol. The standard InChI is InChI=1S/C14H12N2S3/c1-17-9-2-3-12-10(6-9)11(8-18-12)13-7-16-5-4-15-14(16)19-13/h2-3,6-8H,4-5H2,1H3. The lowest BCUT2D eigenvalue weighted by Crippen LogP contribution is -2.14. The summed E-state index contributed by atoms with van der Waals surface area (Å²) in [4.78, 5) is 9.45. The average Bonchev–Trinajstić information content (AvgIpc) is 3.10. The fraction of sp³-hybridized carbons (Fsp3) is 0.214. The molecule has 1 aromatic carbocycles. The summed E-state index contributed by atoms with van der Waals surface area (Å²) in [7, 11) is 0. The van der Waals surface area contributed by atoms with Gasteiger partial charge in [0.2, 0.25) is 0 Å². The molecule has 96 valence electrons. The minimum atomic E-state index is 0.938. The van der Waals surface area contributed by atoms with E-state index in [0.717, 1.165) is 18.3 Å². The van der Waals surface area contributed by atoms with E-state index in [2.05, 4.69) is 45.9 Å². The van der Waals surface area contributed by atoms with Gasteiger partial charge >= 0.3 is 0 Å². The molecule has 0 aliphatic carbocycles. The molecule has 0 saturated heterocycles. The normalized spacial score (nSPS) is 17.8. The van der Waals surface area contributed by atoms with Crippen LogP contribution in [0.15, 0.2) is 39.7 Å². The lowest BCUT2D eigenvalue weighted by atomic mass is 10.2. The minimum Gasteiger partial charge on any atom is -0.325 e. The molecule has 2 aliphatic heterocycles. The van der Waals surface area contributed by atoms with Crippen molar-refractivity contribution in [1.82, 2.24) is 4.90 Å². The first-order chi connectivity index (χ1) is 9.35. The Hall–Kier alpha value is -0.910. The molecule has 3 heterocycles. The third kappa shape index (κ3) is 1.91. The highest BCUT2D eigenvalue weighted by Gasteiger charge is 2.26. The molecule has 4 rings (SSSR count). The van der Waals surface area contributed by atoms with E-state index in [1.54, 1.807) is 23.5 Å². The Kier molecular flexibility index (Phi) is 2.86. The molecule has 2 nitrogen and oxygen atoms in total. The first-order valence-corrected chi connectivity index (χ1v) is 9.03. The maximum atomic E-state index is 4.52. The Morgan fingerprint density at radius 1 is 1.37 bits per heavy atom. The molecule has 0 saturated carbocycles. The van der Waals surface area contributed by atoms with Gasteiger partial charge in [0.05, 0.1) is 6.54 Å². The van der Waals surface area contributed by atoms with Crippen LogP contribution in [-0.4, -0.2) is 29.4 Å². The van der Waals surface area contributed by atoms with Gasteiger partial charge in [-0.15, -0.1) is 23.1 Å². The molecule has 0 bridgehead atoms. The fourth-order valence-corrected chi connectivity index (χ4v) is 4.90. The zero-order valence-electron chi connectivity index (χ0n) is 10.4. The van der Waals surface area contributed by atoms with Crippen molar-refractivity contribution in [3.63, 3.8) is 0 Å². The quantitative estimate of drug-likeness (QED) is 0.768. The number of rotatable bonds is 2. The van der Waals surface area contributed by atoms with Crippen LogP contribution in [0, 0.1) is 0 Å². The number of nitrogens with zero attached hydrogens (tertiary/aromatic N) is 2. The van der Waals surface area contributed by atoms with Gasteiger partial charge in [-0.05, 0) is 36.2 Å². The van der Waals surface area contributed by atoms with Crippen molar-refractivity contribution in [3.05, 3.63) is 35.3 Å². The van der Waals surface area contributed by atoms with Gasteiger partial charge in [-0.2, -0.15) is 0 Å². The number of aliphatic imine (C=N–C) groups is 1. The van der Waals surface area contributed by atoms with Crippen molar-refractivity contribution < 1.29 is 0 Å². The second-order valence-corrected chi connectivity index (χ2v) is 7.26. The second kappa shape index (κ2) is 4.58. The summed E-state index contributed by atoms with van der Waals surface area (Å²) in [6.45, 7) is 1.97. The van der Waals surface area contributed by atoms with Crippen molar-refractivity contribution >= 4 is 55.0 Å². The van der Waals surface area contributed by atoms with Gasteiger partial charge in [-0.3, -0.25) is 4.99 Å². The molecule has 5 heteroatoms. The molecular formula is C14H12N2S3. The molecule has 19 heavy (non-hydrogen) atoms. The molecule has 2 aliphatic rings. The van der Waals surface area contributed by atoms with Gasteiger partial charge in [0.25, 0.3) is 0 Å². The molecule has 0 spiro atoms. The summed E-state index contributed by atoms with van der Waals surface area (Å²) in [6.07, 6.45) is 4.38. The maximum Gasteiger partial charge on any atom is 0.168 e. The molecule has 1 aromatic heterocycles. The van der Waals surface area contributed by atoms with E-state index in [4.69, 9.17) is 0 Å². The van der Waals surface area contributed by atoms with Crippen molar-refractivity contribution in [2.75, 3.05) is 19.3 Å². The van der Waals surface area contributed by atoms with Crippen molar-refractivity contribution in [3.8, 4) is 0 Å². The van der Waals surface area contributed by atoms with Crippen LogP contribution in [0.5, 0.6) is 0 Å². The van der Waals surface area contributed by atoms with E-state index in [1.165, 1.54) is 25.5 Å². The zero-order valence-corrected chi connectivity index (χ0v) is 12.9. The molecule has 2 aromatic rings. The Bertz CT molecular complexity index is 715. The molecule has 0 radical (unpaired) electrons. The van der Waals surface area contributed by atoms with Crippen LogP contribution < -0.4 is 0 Å². The van der Waals surface area contributed by atoms with Crippen LogP contribution in [0.1, 0.15) is 5.56 Å². The van der Waals surface area contributed by atoms with Crippen molar-refractivity contribution in [1.29, 1.82) is 0 Å². The topological polar surface area (TPSA) is 15.6 Å². The van der Waals surface area contributed by atoms with E-state index in [1.807, 2.05) is 11.3 Å². The number of benzene rings is 1. The second-order valence-electron chi connectivity index (χ2n) is 4.46. The predicted octanol–water partition coefficient (Wildman–Crippen LogP) is 4.34. The van der Waals surface area contributed by atoms with Gasteiger partial charge in [0, 0.05) is 43.6 Å². The number of thiophene rings is 1. The first kappa shape index (κ1) is 11.9. The molecule has 0 amide bonds. The number of amidine groups is 1. The summed E-state index contributed by atoms with van der Waals surface area (Å²) in [5.74, 6) is 0. The number of hydrogen-bond donors (Lipinski definition) is 0. The van der Waals surface area contributed by atoms with Gasteiger partial charge < -0.3 is 4.90 Å². The van der Waals surface area contributed by atoms with E-state index in [0.29, 0.717) is 0 Å². The van der Waals surface area contributed by atoms with E-state index in [-0.39, 0.29) is 0 Å². The Morgan fingerprint density at radius 3 is 3.16 bits per heavy atom. The minimum absolute atomic E-state index is 0.938. The van der Waals surface area contributed by atoms with Crippen LogP contribution in [0.3, 0.4) is 0 Å². The summed E-state index contributed by atoms with van der Waals surface area (Å²) >= 11 is 5.43. The number of hydrogen-bond acceptors (Lipinski definition) is 5. The van der Waals surface area contributed by atoms with Gasteiger partial charge in [0.15, 0.2) is 5.17 Å². The van der Waals surface area contributed by atoms with E-state index >= 15 is 0 Å². The van der Waals surface area contributed by atoms with E-state index < -0.39 is 0 Å². The molecular weight excluding hydrogens is 292 g/mol. The smallest absolute Gasteiger partial charge is 0.168 e. The maximum absolute atomic E-state index is 4.52. The highest BCUT2D eigenvalue weighted by Crippen LogP contribution is 2.43. The SMILES string of the molecule is CSc1ccc2scc(C3=CN4CCN=C4S3)c2c1. The van der Waals surface area contributed by atoms with Crippen LogP contribution in [-0.2, 0) is 0 Å². The summed E-state index contributed by atoms with van der Waals surface area (Å²) in [5.41, 5.74) is 1.36. The Labute approximate surface area is 124 Å². The summed E-state index contributed by atoms with van der Waals surface area (Å²) in [5, 5.41) is 4.81. The summed E-state index contributed by atoms with van der Waals surface area (Å²) in [6, 6.07) is 6.73. The van der Waals surface area contributed by atoms with Crippen molar-refractivity contribution in [2.24, 2.45) is 4.99 Å². The first-order valence-electron chi connectivity index (χ1n) is 6.11. The van der Waals surface area contributed by atoms with Gasteiger partial charge in [-0.1, -0.05) is 0 Å². The van der Waals surface area contributed by atoms with Gasteiger partial charge in [0.1, 0.15) is 0 Å². The third-order valence-corrected chi connectivity index (χ3v) is 6.13. The van der Waals surface area contributed by atoms with Crippen LogP contribution >= 0.6 is 34.9 Å². The van der Waals surface area contributed by atoms with Crippen LogP contribution in [0.2, 0.25) is 0 Å². The lowest BCUT2D eigenvalue weighted by Gasteiger charge is -2.04. The molecule has 0 fully saturated rings. The van der Waals surface area contributed by atoms with Crippen LogP contribution in [0.4, 0.5) is 0 Å². The predicted molar refractivity (Wildman–Crippen MR) is 88.2 cm³/mol. The highest BCUT2D eigenvalue weighted by molar-refractivity contribution is 8.22. The molecule has 0 unspecified atom stereocenters. The van der Waals surface area contributed by atoms with Crippen LogP contribution in [0.25, 0.3) is 15.0 Å². The fourth-order valence-electron chi connectivity index (χ4n) is 2.37.